The van der Waals surface area contributed by atoms with Gasteiger partial charge in [0.15, 0.2) is 0 Å². The number of rotatable bonds is 3. The van der Waals surface area contributed by atoms with Crippen LogP contribution in [0.5, 0.6) is 5.75 Å². The molecule has 1 aromatic rings. The first-order chi connectivity index (χ1) is 10.8. The topological polar surface area (TPSA) is 27.7 Å². The van der Waals surface area contributed by atoms with E-state index in [9.17, 15) is 0 Å². The molecule has 124 valence electrons. The van der Waals surface area contributed by atoms with Gasteiger partial charge in [-0.15, -0.1) is 0 Å². The highest BCUT2D eigenvalue weighted by atomic mass is 16.7. The van der Waals surface area contributed by atoms with E-state index >= 15 is 0 Å². The minimum absolute atomic E-state index is 0.340. The first-order valence-electron chi connectivity index (χ1n) is 8.57. The van der Waals surface area contributed by atoms with Crippen molar-refractivity contribution in [3.63, 3.8) is 0 Å². The summed E-state index contributed by atoms with van der Waals surface area (Å²) in [6.07, 6.45) is 7.25. The Labute approximate surface area is 140 Å². The lowest BCUT2D eigenvalue weighted by Crippen LogP contribution is -2.41. The van der Waals surface area contributed by atoms with Crippen LogP contribution in [0.2, 0.25) is 0 Å². The standard InChI is InChI=1S/C19H27BO3/c1-18(2)19(3,4)23-20(22-18)16-12-11-15(13-17(16)21-5)14-9-7-6-8-10-14/h9,11-13H,6-8,10H2,1-5H3. The molecule has 0 unspecified atom stereocenters. The maximum Gasteiger partial charge on any atom is 0.498 e. The maximum atomic E-state index is 6.16. The summed E-state index contributed by atoms with van der Waals surface area (Å²) >= 11 is 0. The lowest BCUT2D eigenvalue weighted by molar-refractivity contribution is 0.00578. The summed E-state index contributed by atoms with van der Waals surface area (Å²) in [6, 6.07) is 6.38. The van der Waals surface area contributed by atoms with E-state index < -0.39 is 0 Å². The molecule has 0 amide bonds. The SMILES string of the molecule is COc1cc(C2=CCCCC2)ccc1B1OC(C)(C)C(C)(C)O1. The lowest BCUT2D eigenvalue weighted by Gasteiger charge is -2.32. The van der Waals surface area contributed by atoms with Crippen molar-refractivity contribution in [3.05, 3.63) is 29.8 Å². The number of allylic oxidation sites excluding steroid dienone is 2. The average molecular weight is 314 g/mol. The monoisotopic (exact) mass is 314 g/mol. The largest absolute Gasteiger partial charge is 0.498 e. The van der Waals surface area contributed by atoms with Gasteiger partial charge in [-0.2, -0.15) is 0 Å². The van der Waals surface area contributed by atoms with Crippen LogP contribution in [0.1, 0.15) is 58.9 Å². The zero-order valence-electron chi connectivity index (χ0n) is 14.9. The summed E-state index contributed by atoms with van der Waals surface area (Å²) in [4.78, 5) is 0. The molecule has 1 fully saturated rings. The van der Waals surface area contributed by atoms with E-state index in [4.69, 9.17) is 14.0 Å². The molecule has 1 aliphatic heterocycles. The van der Waals surface area contributed by atoms with E-state index in [0.717, 1.165) is 17.6 Å². The Balaban J connectivity index is 1.91. The van der Waals surface area contributed by atoms with Gasteiger partial charge in [0, 0.05) is 5.46 Å². The Morgan fingerprint density at radius 3 is 2.30 bits per heavy atom. The summed E-state index contributed by atoms with van der Waals surface area (Å²) < 4.78 is 18.0. The molecule has 1 heterocycles. The van der Waals surface area contributed by atoms with Crippen molar-refractivity contribution in [2.75, 3.05) is 7.11 Å². The van der Waals surface area contributed by atoms with Crippen molar-refractivity contribution in [1.82, 2.24) is 0 Å². The predicted molar refractivity (Wildman–Crippen MR) is 95.2 cm³/mol. The highest BCUT2D eigenvalue weighted by Crippen LogP contribution is 2.37. The van der Waals surface area contributed by atoms with Crippen LogP contribution < -0.4 is 10.2 Å². The van der Waals surface area contributed by atoms with Crippen LogP contribution in [-0.2, 0) is 9.31 Å². The number of methoxy groups -OCH3 is 1. The second-order valence-corrected chi connectivity index (χ2v) is 7.52. The molecule has 2 aliphatic rings. The summed E-state index contributed by atoms with van der Waals surface area (Å²) in [5.41, 5.74) is 2.96. The van der Waals surface area contributed by atoms with Crippen LogP contribution in [-0.4, -0.2) is 25.4 Å². The molecule has 0 atom stereocenters. The van der Waals surface area contributed by atoms with Gasteiger partial charge in [-0.05, 0) is 70.6 Å². The fraction of sp³-hybridized carbons (Fsp3) is 0.579. The Morgan fingerprint density at radius 2 is 1.74 bits per heavy atom. The van der Waals surface area contributed by atoms with Crippen LogP contribution in [0.25, 0.3) is 5.57 Å². The molecule has 0 N–H and O–H groups in total. The third-order valence-corrected chi connectivity index (χ3v) is 5.40. The van der Waals surface area contributed by atoms with Crippen LogP contribution in [0.3, 0.4) is 0 Å². The van der Waals surface area contributed by atoms with Crippen LogP contribution >= 0.6 is 0 Å². The van der Waals surface area contributed by atoms with Gasteiger partial charge in [0.1, 0.15) is 5.75 Å². The molecular formula is C19H27BO3. The van der Waals surface area contributed by atoms with Gasteiger partial charge in [0.25, 0.3) is 0 Å². The Morgan fingerprint density at radius 1 is 1.04 bits per heavy atom. The second kappa shape index (κ2) is 5.99. The van der Waals surface area contributed by atoms with E-state index in [1.165, 1.54) is 30.4 Å². The number of ether oxygens (including phenoxy) is 1. The van der Waals surface area contributed by atoms with Gasteiger partial charge in [-0.3, -0.25) is 0 Å². The summed E-state index contributed by atoms with van der Waals surface area (Å²) in [5, 5.41) is 0. The molecule has 0 spiro atoms. The predicted octanol–water partition coefficient (Wildman–Crippen LogP) is 3.95. The van der Waals surface area contributed by atoms with Gasteiger partial charge in [0.05, 0.1) is 18.3 Å². The molecule has 0 bridgehead atoms. The third kappa shape index (κ3) is 3.07. The molecule has 1 saturated heterocycles. The molecule has 4 heteroatoms. The van der Waals surface area contributed by atoms with Crippen molar-refractivity contribution < 1.29 is 14.0 Å². The molecule has 3 rings (SSSR count). The van der Waals surface area contributed by atoms with Gasteiger partial charge < -0.3 is 14.0 Å². The highest BCUT2D eigenvalue weighted by Gasteiger charge is 2.52. The van der Waals surface area contributed by atoms with Gasteiger partial charge in [-0.1, -0.05) is 18.2 Å². The Bertz CT molecular complexity index is 603. The van der Waals surface area contributed by atoms with Crippen LogP contribution in [0.15, 0.2) is 24.3 Å². The Hall–Kier alpha value is -1.26. The van der Waals surface area contributed by atoms with Gasteiger partial charge in [-0.25, -0.2) is 0 Å². The molecule has 0 saturated carbocycles. The first-order valence-corrected chi connectivity index (χ1v) is 8.57. The minimum Gasteiger partial charge on any atom is -0.497 e. The summed E-state index contributed by atoms with van der Waals surface area (Å²) in [5.74, 6) is 0.840. The van der Waals surface area contributed by atoms with Crippen molar-refractivity contribution >= 4 is 18.2 Å². The van der Waals surface area contributed by atoms with Crippen molar-refractivity contribution in [2.45, 2.75) is 64.6 Å². The molecule has 3 nitrogen and oxygen atoms in total. The lowest BCUT2D eigenvalue weighted by atomic mass is 9.77. The Kier molecular flexibility index (Phi) is 4.32. The van der Waals surface area contributed by atoms with E-state index in [0.29, 0.717) is 0 Å². The third-order valence-electron chi connectivity index (χ3n) is 5.40. The van der Waals surface area contributed by atoms with E-state index in [-0.39, 0.29) is 18.3 Å². The second-order valence-electron chi connectivity index (χ2n) is 7.52. The zero-order chi connectivity index (χ0) is 16.7. The molecular weight excluding hydrogens is 287 g/mol. The van der Waals surface area contributed by atoms with Crippen molar-refractivity contribution in [1.29, 1.82) is 0 Å². The summed E-state index contributed by atoms with van der Waals surface area (Å²) in [7, 11) is 1.33. The normalized spacial score (nSPS) is 22.8. The van der Waals surface area contributed by atoms with Gasteiger partial charge >= 0.3 is 7.12 Å². The average Bonchev–Trinajstić information content (AvgIpc) is 2.75. The molecule has 1 aromatic carbocycles. The van der Waals surface area contributed by atoms with Crippen molar-refractivity contribution in [3.8, 4) is 5.75 Å². The smallest absolute Gasteiger partial charge is 0.497 e. The molecule has 0 radical (unpaired) electrons. The fourth-order valence-corrected chi connectivity index (χ4v) is 3.18. The van der Waals surface area contributed by atoms with Crippen LogP contribution in [0.4, 0.5) is 0 Å². The first kappa shape index (κ1) is 16.6. The number of hydrogen-bond acceptors (Lipinski definition) is 3. The van der Waals surface area contributed by atoms with E-state index in [1.54, 1.807) is 7.11 Å². The summed E-state index contributed by atoms with van der Waals surface area (Å²) in [6.45, 7) is 8.28. The molecule has 1 aliphatic carbocycles. The van der Waals surface area contributed by atoms with Crippen molar-refractivity contribution in [2.24, 2.45) is 0 Å². The number of benzene rings is 1. The minimum atomic E-state index is -0.385. The molecule has 23 heavy (non-hydrogen) atoms. The van der Waals surface area contributed by atoms with Crippen LogP contribution in [0, 0.1) is 0 Å². The van der Waals surface area contributed by atoms with E-state index in [2.05, 4.69) is 52.0 Å². The molecule has 0 aromatic heterocycles. The highest BCUT2D eigenvalue weighted by molar-refractivity contribution is 6.63. The van der Waals surface area contributed by atoms with E-state index in [1.807, 2.05) is 0 Å². The fourth-order valence-electron chi connectivity index (χ4n) is 3.18. The number of hydrogen-bond donors (Lipinski definition) is 0. The van der Waals surface area contributed by atoms with Gasteiger partial charge in [0.2, 0.25) is 0 Å². The zero-order valence-corrected chi connectivity index (χ0v) is 14.9. The quantitative estimate of drug-likeness (QED) is 0.791. The maximum absolute atomic E-state index is 6.16.